The molecule has 0 aliphatic heterocycles. The quantitative estimate of drug-likeness (QED) is 0.601. The van der Waals surface area contributed by atoms with Crippen molar-refractivity contribution in [3.05, 3.63) is 59.5 Å². The zero-order chi connectivity index (χ0) is 19.2. The van der Waals surface area contributed by atoms with Gasteiger partial charge in [-0.3, -0.25) is 0 Å². The molecule has 136 valence electrons. The minimum atomic E-state index is 0.168. The van der Waals surface area contributed by atoms with E-state index in [1.165, 1.54) is 0 Å². The zero-order valence-electron chi connectivity index (χ0n) is 15.4. The number of allylic oxidation sites excluding steroid dienone is 1. The average Bonchev–Trinajstić information content (AvgIpc) is 3.17. The van der Waals surface area contributed by atoms with E-state index < -0.39 is 0 Å². The van der Waals surface area contributed by atoms with E-state index in [0.717, 1.165) is 16.7 Å². The summed E-state index contributed by atoms with van der Waals surface area (Å²) >= 11 is 0. The van der Waals surface area contributed by atoms with Gasteiger partial charge in [-0.25, -0.2) is 0 Å². The number of nitriles is 1. The van der Waals surface area contributed by atoms with Crippen LogP contribution in [0.3, 0.4) is 0 Å². The molecule has 0 saturated carbocycles. The Bertz CT molecular complexity index is 998. The van der Waals surface area contributed by atoms with Crippen LogP contribution in [0.1, 0.15) is 23.9 Å². The maximum Gasteiger partial charge on any atom is 0.268 e. The molecule has 0 saturated heterocycles. The minimum Gasteiger partial charge on any atom is -0.493 e. The van der Waals surface area contributed by atoms with Crippen LogP contribution in [0.25, 0.3) is 23.0 Å². The molecule has 0 bridgehead atoms. The standard InChI is InChI=1S/C21H19N3O3/c1-4-26-19-12-15(7-10-18(19)25-3)11-17(13-22)21-23-20(24-27-21)16-8-5-14(2)6-9-16/h5-12H,4H2,1-3H3/b17-11+. The number of nitrogens with zero attached hydrogens (tertiary/aromatic N) is 3. The SMILES string of the molecule is CCOc1cc(/C=C(\C#N)c2nc(-c3ccc(C)cc3)no2)ccc1OC. The second-order valence-electron chi connectivity index (χ2n) is 5.80. The van der Waals surface area contributed by atoms with E-state index in [-0.39, 0.29) is 11.5 Å². The van der Waals surface area contributed by atoms with Crippen LogP contribution in [0.4, 0.5) is 0 Å². The van der Waals surface area contributed by atoms with Gasteiger partial charge in [-0.1, -0.05) is 41.1 Å². The third-order valence-corrected chi connectivity index (χ3v) is 3.89. The van der Waals surface area contributed by atoms with Crippen molar-refractivity contribution in [3.63, 3.8) is 0 Å². The fourth-order valence-electron chi connectivity index (χ4n) is 2.51. The summed E-state index contributed by atoms with van der Waals surface area (Å²) in [7, 11) is 1.58. The summed E-state index contributed by atoms with van der Waals surface area (Å²) in [4.78, 5) is 4.35. The topological polar surface area (TPSA) is 81.2 Å². The fourth-order valence-corrected chi connectivity index (χ4v) is 2.51. The monoisotopic (exact) mass is 361 g/mol. The highest BCUT2D eigenvalue weighted by atomic mass is 16.5. The van der Waals surface area contributed by atoms with E-state index in [1.807, 2.05) is 44.2 Å². The van der Waals surface area contributed by atoms with Crippen molar-refractivity contribution in [3.8, 4) is 29.0 Å². The molecule has 0 amide bonds. The number of aryl methyl sites for hydroxylation is 1. The van der Waals surface area contributed by atoms with Crippen LogP contribution >= 0.6 is 0 Å². The first-order chi connectivity index (χ1) is 13.1. The lowest BCUT2D eigenvalue weighted by Gasteiger charge is -2.09. The molecule has 1 aromatic heterocycles. The Balaban J connectivity index is 1.92. The highest BCUT2D eigenvalue weighted by Crippen LogP contribution is 2.30. The van der Waals surface area contributed by atoms with Gasteiger partial charge < -0.3 is 14.0 Å². The number of benzene rings is 2. The van der Waals surface area contributed by atoms with Gasteiger partial charge in [0.2, 0.25) is 5.82 Å². The Kier molecular flexibility index (Phi) is 5.53. The number of rotatable bonds is 6. The van der Waals surface area contributed by atoms with Crippen molar-refractivity contribution in [2.75, 3.05) is 13.7 Å². The molecule has 0 aliphatic rings. The summed E-state index contributed by atoms with van der Waals surface area (Å²) in [5.74, 6) is 1.85. The van der Waals surface area contributed by atoms with Crippen LogP contribution in [-0.2, 0) is 0 Å². The van der Waals surface area contributed by atoms with E-state index in [4.69, 9.17) is 14.0 Å². The molecule has 0 atom stereocenters. The fraction of sp³-hybridized carbons (Fsp3) is 0.190. The summed E-state index contributed by atoms with van der Waals surface area (Å²) in [6, 6.07) is 15.3. The van der Waals surface area contributed by atoms with Gasteiger partial charge in [0, 0.05) is 5.56 Å². The van der Waals surface area contributed by atoms with Crippen LogP contribution < -0.4 is 9.47 Å². The zero-order valence-corrected chi connectivity index (χ0v) is 15.4. The number of hydrogen-bond donors (Lipinski definition) is 0. The first-order valence-electron chi connectivity index (χ1n) is 8.48. The molecule has 6 nitrogen and oxygen atoms in total. The first-order valence-corrected chi connectivity index (χ1v) is 8.48. The molecule has 1 heterocycles. The van der Waals surface area contributed by atoms with E-state index in [2.05, 4.69) is 16.2 Å². The van der Waals surface area contributed by atoms with E-state index in [0.29, 0.717) is 23.9 Å². The Morgan fingerprint density at radius 2 is 1.96 bits per heavy atom. The molecule has 0 N–H and O–H groups in total. The van der Waals surface area contributed by atoms with Crippen LogP contribution in [-0.4, -0.2) is 23.9 Å². The molecular weight excluding hydrogens is 342 g/mol. The number of ether oxygens (including phenoxy) is 2. The minimum absolute atomic E-state index is 0.168. The number of aromatic nitrogens is 2. The highest BCUT2D eigenvalue weighted by Gasteiger charge is 2.13. The lowest BCUT2D eigenvalue weighted by molar-refractivity contribution is 0.311. The molecule has 6 heteroatoms. The van der Waals surface area contributed by atoms with Crippen molar-refractivity contribution in [1.29, 1.82) is 5.26 Å². The molecule has 0 fully saturated rings. The second-order valence-corrected chi connectivity index (χ2v) is 5.80. The van der Waals surface area contributed by atoms with Gasteiger partial charge in [-0.2, -0.15) is 10.2 Å². The third kappa shape index (κ3) is 4.15. The average molecular weight is 361 g/mol. The number of methoxy groups -OCH3 is 1. The van der Waals surface area contributed by atoms with Gasteiger partial charge in [0.05, 0.1) is 13.7 Å². The van der Waals surface area contributed by atoms with Crippen molar-refractivity contribution >= 4 is 11.6 Å². The summed E-state index contributed by atoms with van der Waals surface area (Å²) < 4.78 is 16.1. The third-order valence-electron chi connectivity index (χ3n) is 3.89. The molecule has 2 aromatic carbocycles. The lowest BCUT2D eigenvalue weighted by atomic mass is 10.1. The lowest BCUT2D eigenvalue weighted by Crippen LogP contribution is -1.95. The van der Waals surface area contributed by atoms with Gasteiger partial charge in [-0.15, -0.1) is 0 Å². The predicted molar refractivity (Wildman–Crippen MR) is 102 cm³/mol. The van der Waals surface area contributed by atoms with Crippen LogP contribution in [0.2, 0.25) is 0 Å². The van der Waals surface area contributed by atoms with Gasteiger partial charge in [0.15, 0.2) is 11.5 Å². The van der Waals surface area contributed by atoms with E-state index >= 15 is 0 Å². The van der Waals surface area contributed by atoms with Crippen molar-refractivity contribution in [1.82, 2.24) is 10.1 Å². The molecule has 3 rings (SSSR count). The Hall–Kier alpha value is -3.59. The predicted octanol–water partition coefficient (Wildman–Crippen LogP) is 4.52. The molecule has 0 unspecified atom stereocenters. The first kappa shape index (κ1) is 18.2. The summed E-state index contributed by atoms with van der Waals surface area (Å²) in [5.41, 5.74) is 3.01. The van der Waals surface area contributed by atoms with Crippen LogP contribution in [0, 0.1) is 18.3 Å². The summed E-state index contributed by atoms with van der Waals surface area (Å²) in [6.07, 6.45) is 1.67. The van der Waals surface area contributed by atoms with Crippen molar-refractivity contribution in [2.24, 2.45) is 0 Å². The molecule has 0 spiro atoms. The Morgan fingerprint density at radius 3 is 2.63 bits per heavy atom. The maximum atomic E-state index is 9.53. The molecule has 3 aromatic rings. The van der Waals surface area contributed by atoms with E-state index in [1.54, 1.807) is 25.3 Å². The van der Waals surface area contributed by atoms with Crippen LogP contribution in [0.5, 0.6) is 11.5 Å². The molecular formula is C21H19N3O3. The maximum absolute atomic E-state index is 9.53. The second kappa shape index (κ2) is 8.19. The highest BCUT2D eigenvalue weighted by molar-refractivity contribution is 5.87. The summed E-state index contributed by atoms with van der Waals surface area (Å²) in [6.45, 7) is 4.42. The number of hydrogen-bond acceptors (Lipinski definition) is 6. The summed E-state index contributed by atoms with van der Waals surface area (Å²) in [5, 5.41) is 13.5. The molecule has 0 aliphatic carbocycles. The van der Waals surface area contributed by atoms with Gasteiger partial charge in [-0.05, 0) is 37.6 Å². The van der Waals surface area contributed by atoms with Gasteiger partial charge in [0.1, 0.15) is 11.6 Å². The smallest absolute Gasteiger partial charge is 0.268 e. The van der Waals surface area contributed by atoms with Gasteiger partial charge in [0.25, 0.3) is 5.89 Å². The largest absolute Gasteiger partial charge is 0.493 e. The van der Waals surface area contributed by atoms with Crippen molar-refractivity contribution in [2.45, 2.75) is 13.8 Å². The van der Waals surface area contributed by atoms with Crippen molar-refractivity contribution < 1.29 is 14.0 Å². The Labute approximate surface area is 157 Å². The van der Waals surface area contributed by atoms with E-state index in [9.17, 15) is 5.26 Å². The van der Waals surface area contributed by atoms with Crippen LogP contribution in [0.15, 0.2) is 47.0 Å². The Morgan fingerprint density at radius 1 is 1.19 bits per heavy atom. The normalized spacial score (nSPS) is 11.1. The van der Waals surface area contributed by atoms with Gasteiger partial charge >= 0.3 is 0 Å². The molecule has 27 heavy (non-hydrogen) atoms. The molecule has 0 radical (unpaired) electrons.